The molecule has 0 radical (unpaired) electrons. The molecule has 0 aliphatic carbocycles. The minimum Gasteiger partial charge on any atom is -0.368 e. The number of anilines is 2. The van der Waals surface area contributed by atoms with E-state index in [1.165, 1.54) is 18.3 Å². The van der Waals surface area contributed by atoms with Gasteiger partial charge in [0.15, 0.2) is 0 Å². The number of nitrogens with zero attached hydrogens (tertiary/aromatic N) is 3. The Morgan fingerprint density at radius 3 is 2.67 bits per heavy atom. The van der Waals surface area contributed by atoms with Gasteiger partial charge in [0.2, 0.25) is 0 Å². The topological polar surface area (TPSA) is 70.2 Å². The van der Waals surface area contributed by atoms with Crippen LogP contribution in [0.1, 0.15) is 35.2 Å². The zero-order valence-corrected chi connectivity index (χ0v) is 18.4. The van der Waals surface area contributed by atoms with Crippen molar-refractivity contribution < 1.29 is 13.6 Å². The standard InChI is InChI=1S/C25H25F2N5O/c1-16-12-28-7-3-22(16)31-24(33)21-14-29-13-20(17-9-18(26)11-19(27)10-17)23(21)32-8-5-25(15-32)4-2-6-30-25/h3,7,9-14,30H,2,4-6,8,15H2,1H3,(H,28,31,33). The summed E-state index contributed by atoms with van der Waals surface area (Å²) in [6.07, 6.45) is 9.51. The second-order valence-corrected chi connectivity index (χ2v) is 8.87. The molecule has 2 N–H and O–H groups in total. The van der Waals surface area contributed by atoms with Crippen molar-refractivity contribution in [3.05, 3.63) is 71.8 Å². The van der Waals surface area contributed by atoms with Crippen LogP contribution in [0.15, 0.2) is 49.1 Å². The first-order chi connectivity index (χ1) is 15.9. The van der Waals surface area contributed by atoms with E-state index in [9.17, 15) is 13.6 Å². The van der Waals surface area contributed by atoms with E-state index in [-0.39, 0.29) is 11.4 Å². The summed E-state index contributed by atoms with van der Waals surface area (Å²) < 4.78 is 28.2. The number of aryl methyl sites for hydroxylation is 1. The fraction of sp³-hybridized carbons (Fsp3) is 0.320. The van der Waals surface area contributed by atoms with E-state index < -0.39 is 11.6 Å². The van der Waals surface area contributed by atoms with Gasteiger partial charge >= 0.3 is 0 Å². The monoisotopic (exact) mass is 449 g/mol. The Morgan fingerprint density at radius 1 is 1.12 bits per heavy atom. The van der Waals surface area contributed by atoms with Crippen LogP contribution in [0.5, 0.6) is 0 Å². The van der Waals surface area contributed by atoms with Crippen molar-refractivity contribution in [2.75, 3.05) is 29.9 Å². The molecule has 0 bridgehead atoms. The smallest absolute Gasteiger partial charge is 0.259 e. The molecule has 2 aromatic heterocycles. The molecular formula is C25H25F2N5O. The second-order valence-electron chi connectivity index (χ2n) is 8.87. The van der Waals surface area contributed by atoms with Crippen LogP contribution in [0.3, 0.4) is 0 Å². The maximum Gasteiger partial charge on any atom is 0.259 e. The van der Waals surface area contributed by atoms with Gasteiger partial charge in [-0.2, -0.15) is 0 Å². The van der Waals surface area contributed by atoms with Gasteiger partial charge in [0.05, 0.1) is 11.3 Å². The summed E-state index contributed by atoms with van der Waals surface area (Å²) in [5, 5.41) is 6.56. The lowest BCUT2D eigenvalue weighted by atomic mass is 9.96. The van der Waals surface area contributed by atoms with Crippen molar-refractivity contribution in [1.29, 1.82) is 0 Å². The molecule has 170 valence electrons. The summed E-state index contributed by atoms with van der Waals surface area (Å²) in [7, 11) is 0. The summed E-state index contributed by atoms with van der Waals surface area (Å²) in [5.74, 6) is -1.67. The Balaban J connectivity index is 1.60. The van der Waals surface area contributed by atoms with Crippen LogP contribution >= 0.6 is 0 Å². The number of halogens is 2. The number of amides is 1. The summed E-state index contributed by atoms with van der Waals surface area (Å²) >= 11 is 0. The molecule has 5 rings (SSSR count). The predicted octanol–water partition coefficient (Wildman–Crippen LogP) is 4.31. The highest BCUT2D eigenvalue weighted by Gasteiger charge is 2.41. The van der Waals surface area contributed by atoms with Crippen molar-refractivity contribution >= 4 is 17.3 Å². The summed E-state index contributed by atoms with van der Waals surface area (Å²) in [4.78, 5) is 23.9. The zero-order chi connectivity index (χ0) is 23.0. The second kappa shape index (κ2) is 8.51. The lowest BCUT2D eigenvalue weighted by Crippen LogP contribution is -2.42. The average Bonchev–Trinajstić information content (AvgIpc) is 3.43. The van der Waals surface area contributed by atoms with Gasteiger partial charge in [-0.25, -0.2) is 8.78 Å². The highest BCUT2D eigenvalue weighted by Crippen LogP contribution is 2.40. The molecule has 2 saturated heterocycles. The Hall–Kier alpha value is -3.39. The molecule has 6 nitrogen and oxygen atoms in total. The van der Waals surface area contributed by atoms with Gasteiger partial charge in [-0.05, 0) is 62.1 Å². The highest BCUT2D eigenvalue weighted by molar-refractivity contribution is 6.10. The minimum absolute atomic E-state index is 0.00314. The lowest BCUT2D eigenvalue weighted by molar-refractivity contribution is 0.102. The van der Waals surface area contributed by atoms with Gasteiger partial charge in [0.1, 0.15) is 11.6 Å². The molecule has 1 unspecified atom stereocenters. The maximum atomic E-state index is 14.1. The van der Waals surface area contributed by atoms with Gasteiger partial charge in [-0.15, -0.1) is 0 Å². The van der Waals surface area contributed by atoms with Crippen molar-refractivity contribution in [2.45, 2.75) is 31.7 Å². The van der Waals surface area contributed by atoms with E-state index in [1.54, 1.807) is 24.7 Å². The molecule has 1 aromatic carbocycles. The van der Waals surface area contributed by atoms with Crippen LogP contribution in [0.2, 0.25) is 0 Å². The number of aromatic nitrogens is 2. The lowest BCUT2D eigenvalue weighted by Gasteiger charge is -2.28. The zero-order valence-electron chi connectivity index (χ0n) is 18.4. The fourth-order valence-electron chi connectivity index (χ4n) is 4.96. The molecule has 8 heteroatoms. The number of pyridine rings is 2. The molecular weight excluding hydrogens is 424 g/mol. The molecule has 2 aliphatic rings. The first-order valence-corrected chi connectivity index (χ1v) is 11.1. The third kappa shape index (κ3) is 4.18. The molecule has 33 heavy (non-hydrogen) atoms. The van der Waals surface area contributed by atoms with Crippen molar-refractivity contribution in [3.63, 3.8) is 0 Å². The quantitative estimate of drug-likeness (QED) is 0.621. The Morgan fingerprint density at radius 2 is 1.94 bits per heavy atom. The molecule has 0 saturated carbocycles. The van der Waals surface area contributed by atoms with E-state index in [2.05, 4.69) is 25.5 Å². The molecule has 2 fully saturated rings. The number of nitrogens with one attached hydrogen (secondary N) is 2. The number of rotatable bonds is 4. The Labute approximate surface area is 191 Å². The predicted molar refractivity (Wildman–Crippen MR) is 123 cm³/mol. The van der Waals surface area contributed by atoms with Crippen molar-refractivity contribution in [2.24, 2.45) is 0 Å². The largest absolute Gasteiger partial charge is 0.368 e. The Kier molecular flexibility index (Phi) is 5.54. The first kappa shape index (κ1) is 21.5. The summed E-state index contributed by atoms with van der Waals surface area (Å²) in [6, 6.07) is 5.13. The number of carbonyl (C=O) groups is 1. The van der Waals surface area contributed by atoms with Gasteiger partial charge < -0.3 is 15.5 Å². The van der Waals surface area contributed by atoms with E-state index in [0.29, 0.717) is 28.1 Å². The van der Waals surface area contributed by atoms with Crippen LogP contribution in [0.4, 0.5) is 20.2 Å². The Bertz CT molecular complexity index is 1190. The number of carbonyl (C=O) groups excluding carboxylic acids is 1. The average molecular weight is 450 g/mol. The van der Waals surface area contributed by atoms with Crippen LogP contribution in [-0.4, -0.2) is 41.0 Å². The normalized spacial score (nSPS) is 19.9. The van der Waals surface area contributed by atoms with E-state index >= 15 is 0 Å². The van der Waals surface area contributed by atoms with Gasteiger partial charge in [0.25, 0.3) is 5.91 Å². The molecule has 1 spiro atoms. The number of hydrogen-bond donors (Lipinski definition) is 2. The van der Waals surface area contributed by atoms with Crippen LogP contribution in [0, 0.1) is 18.6 Å². The SMILES string of the molecule is Cc1cnccc1NC(=O)c1cncc(-c2cc(F)cc(F)c2)c1N1CCC2(CCCN2)C1. The van der Waals surface area contributed by atoms with E-state index in [0.717, 1.165) is 50.5 Å². The van der Waals surface area contributed by atoms with E-state index in [4.69, 9.17) is 0 Å². The van der Waals surface area contributed by atoms with Gasteiger partial charge in [-0.1, -0.05) is 0 Å². The van der Waals surface area contributed by atoms with Crippen molar-refractivity contribution in [3.8, 4) is 11.1 Å². The number of benzene rings is 1. The number of hydrogen-bond acceptors (Lipinski definition) is 5. The third-order valence-corrected chi connectivity index (χ3v) is 6.61. The van der Waals surface area contributed by atoms with E-state index in [1.807, 2.05) is 6.92 Å². The third-order valence-electron chi connectivity index (χ3n) is 6.61. The molecule has 1 amide bonds. The van der Waals surface area contributed by atoms with Crippen LogP contribution in [0.25, 0.3) is 11.1 Å². The van der Waals surface area contributed by atoms with Crippen molar-refractivity contribution in [1.82, 2.24) is 15.3 Å². The molecule has 4 heterocycles. The summed E-state index contributed by atoms with van der Waals surface area (Å²) in [5.41, 5.74) is 3.38. The fourth-order valence-corrected chi connectivity index (χ4v) is 4.96. The molecule has 3 aromatic rings. The highest BCUT2D eigenvalue weighted by atomic mass is 19.1. The van der Waals surface area contributed by atoms with Gasteiger partial charge in [0, 0.05) is 60.7 Å². The molecule has 1 atom stereocenters. The van der Waals surface area contributed by atoms with Crippen LogP contribution < -0.4 is 15.5 Å². The first-order valence-electron chi connectivity index (χ1n) is 11.1. The maximum absolute atomic E-state index is 14.1. The minimum atomic E-state index is -0.673. The van der Waals surface area contributed by atoms with Gasteiger partial charge in [-0.3, -0.25) is 14.8 Å². The summed E-state index contributed by atoms with van der Waals surface area (Å²) in [6.45, 7) is 4.29. The van der Waals surface area contributed by atoms with Crippen LogP contribution in [-0.2, 0) is 0 Å². The molecule has 2 aliphatic heterocycles.